The molecule has 1 aliphatic rings. The van der Waals surface area contributed by atoms with Gasteiger partial charge in [-0.15, -0.1) is 0 Å². The summed E-state index contributed by atoms with van der Waals surface area (Å²) in [5, 5.41) is 0. The molecule has 0 bridgehead atoms. The maximum Gasteiger partial charge on any atom is 0.257 e. The van der Waals surface area contributed by atoms with Crippen LogP contribution in [0, 0.1) is 0 Å². The largest absolute Gasteiger partial charge is 0.267 e. The summed E-state index contributed by atoms with van der Waals surface area (Å²) in [5.41, 5.74) is 0.787. The van der Waals surface area contributed by atoms with Gasteiger partial charge in [0.1, 0.15) is 0 Å². The second-order valence-electron chi connectivity index (χ2n) is 3.96. The first-order chi connectivity index (χ1) is 7.98. The molecule has 5 nitrogen and oxygen atoms in total. The van der Waals surface area contributed by atoms with Crippen molar-refractivity contribution in [1.82, 2.24) is 0 Å². The molecule has 0 N–H and O–H groups in total. The normalized spacial score (nSPS) is 27.4. The van der Waals surface area contributed by atoms with Gasteiger partial charge in [0.05, 0.1) is 17.6 Å². The van der Waals surface area contributed by atoms with E-state index < -0.39 is 32.8 Å². The number of hydrogen-bond donors (Lipinski definition) is 1. The van der Waals surface area contributed by atoms with E-state index in [4.69, 9.17) is 0 Å². The van der Waals surface area contributed by atoms with Gasteiger partial charge in [-0.05, 0) is 5.56 Å². The van der Waals surface area contributed by atoms with E-state index in [0.29, 0.717) is 0 Å². The first-order valence-electron chi connectivity index (χ1n) is 5.04. The van der Waals surface area contributed by atoms with Crippen LogP contribution in [0.2, 0.25) is 0 Å². The van der Waals surface area contributed by atoms with E-state index >= 15 is 0 Å². The molecule has 0 amide bonds. The third-order valence-electron chi connectivity index (χ3n) is 2.75. The fourth-order valence-corrected chi connectivity index (χ4v) is 4.48. The molecule has 7 heteroatoms. The molecule has 0 spiro atoms. The quantitative estimate of drug-likeness (QED) is 0.793. The van der Waals surface area contributed by atoms with Gasteiger partial charge in [0.2, 0.25) is 0 Å². The molecule has 94 valence electrons. The molecule has 0 aliphatic carbocycles. The fraction of sp³-hybridized carbons (Fsp3) is 0.400. The molecule has 1 aliphatic heterocycles. The number of rotatable bonds is 3. The van der Waals surface area contributed by atoms with Gasteiger partial charge >= 0.3 is 0 Å². The van der Waals surface area contributed by atoms with Crippen molar-refractivity contribution in [3.63, 3.8) is 0 Å². The molecule has 2 rings (SSSR count). The highest BCUT2D eigenvalue weighted by atomic mass is 32.2. The maximum atomic E-state index is 11.5. The summed E-state index contributed by atoms with van der Waals surface area (Å²) in [7, 11) is -6.27. The minimum absolute atomic E-state index is 0.0646. The Morgan fingerprint density at radius 3 is 2.35 bits per heavy atom. The van der Waals surface area contributed by atoms with Crippen LogP contribution in [0.15, 0.2) is 30.3 Å². The van der Waals surface area contributed by atoms with Gasteiger partial charge in [0.25, 0.3) is 11.0 Å². The maximum absolute atomic E-state index is 11.5. The Morgan fingerprint density at radius 2 is 1.76 bits per heavy atom. The highest BCUT2D eigenvalue weighted by Crippen LogP contribution is 2.31. The van der Waals surface area contributed by atoms with Crippen LogP contribution in [0.3, 0.4) is 0 Å². The van der Waals surface area contributed by atoms with Crippen molar-refractivity contribution in [2.45, 2.75) is 12.0 Å². The van der Waals surface area contributed by atoms with Gasteiger partial charge in [0, 0.05) is 5.92 Å². The second-order valence-corrected chi connectivity index (χ2v) is 6.77. The summed E-state index contributed by atoms with van der Waals surface area (Å²) in [4.78, 5) is 0. The van der Waals surface area contributed by atoms with Crippen LogP contribution < -0.4 is 0 Å². The zero-order valence-corrected chi connectivity index (χ0v) is 10.6. The van der Waals surface area contributed by atoms with Gasteiger partial charge in [-0.3, -0.25) is 4.18 Å². The monoisotopic (exact) mass is 276 g/mol. The molecule has 2 atom stereocenters. The van der Waals surface area contributed by atoms with E-state index in [2.05, 4.69) is 4.18 Å². The van der Waals surface area contributed by atoms with Crippen LogP contribution in [0.25, 0.3) is 0 Å². The van der Waals surface area contributed by atoms with Crippen molar-refractivity contribution >= 4 is 20.8 Å². The number of benzene rings is 1. The molecule has 0 radical (unpaired) electrons. The first-order valence-corrected chi connectivity index (χ1v) is 7.96. The van der Waals surface area contributed by atoms with E-state index in [1.807, 2.05) is 6.07 Å². The van der Waals surface area contributed by atoms with Crippen molar-refractivity contribution in [3.05, 3.63) is 35.9 Å². The van der Waals surface area contributed by atoms with Crippen LogP contribution in [-0.4, -0.2) is 34.4 Å². The smallest absolute Gasteiger partial charge is 0.257 e. The topological polar surface area (TPSA) is 77.5 Å². The van der Waals surface area contributed by atoms with Crippen LogP contribution in [0.1, 0.15) is 11.5 Å². The van der Waals surface area contributed by atoms with Crippen LogP contribution in [0.4, 0.5) is 0 Å². The summed E-state index contributed by atoms with van der Waals surface area (Å²) in [6.45, 7) is 0. The lowest BCUT2D eigenvalue weighted by molar-refractivity contribution is 0.225. The van der Waals surface area contributed by atoms with Gasteiger partial charge in [-0.1, -0.05) is 30.3 Å². The first kappa shape index (κ1) is 12.5. The van der Waals surface area contributed by atoms with E-state index in [0.717, 1.165) is 5.56 Å². The molecule has 2 unspecified atom stereocenters. The van der Waals surface area contributed by atoms with E-state index in [1.165, 1.54) is 0 Å². The van der Waals surface area contributed by atoms with Crippen LogP contribution in [-0.2, 0) is 25.0 Å². The van der Waals surface area contributed by atoms with Gasteiger partial charge in [-0.2, -0.15) is 0 Å². The lowest BCUT2D eigenvalue weighted by Crippen LogP contribution is -2.20. The lowest BCUT2D eigenvalue weighted by Gasteiger charge is -2.15. The zero-order valence-electron chi connectivity index (χ0n) is 8.85. The minimum Gasteiger partial charge on any atom is -0.267 e. The summed E-state index contributed by atoms with van der Waals surface area (Å²) >= 11 is 0. The molecule has 1 fully saturated rings. The van der Waals surface area contributed by atoms with Crippen LogP contribution in [0.5, 0.6) is 0 Å². The molecule has 1 heterocycles. The third kappa shape index (κ3) is 3.05. The molecule has 1 aromatic carbocycles. The van der Waals surface area contributed by atoms with Gasteiger partial charge in [-0.25, -0.2) is 16.8 Å². The summed E-state index contributed by atoms with van der Waals surface area (Å²) < 4.78 is 48.9. The highest BCUT2D eigenvalue weighted by molar-refractivity contribution is 7.91. The van der Waals surface area contributed by atoms with Crippen molar-refractivity contribution in [3.8, 4) is 0 Å². The van der Waals surface area contributed by atoms with Crippen molar-refractivity contribution in [2.24, 2.45) is 0 Å². The van der Waals surface area contributed by atoms with Crippen molar-refractivity contribution in [2.75, 3.05) is 11.5 Å². The minimum atomic E-state index is -3.23. The van der Waals surface area contributed by atoms with Gasteiger partial charge < -0.3 is 0 Å². The summed E-state index contributed by atoms with van der Waals surface area (Å²) in [6, 6.07) is 8.94. The standard InChI is InChI=1S/C10H12O5S2/c11-16(12)15-10-7-17(13,14)6-9(10)8-4-2-1-3-5-8/h1-5,9-10,16H,6-7H2. The second kappa shape index (κ2) is 4.75. The predicted octanol–water partition coefficient (Wildman–Crippen LogP) is 0.110. The Hall–Kier alpha value is -0.920. The Balaban J connectivity index is 2.31. The summed E-state index contributed by atoms with van der Waals surface area (Å²) in [6.07, 6.45) is -0.802. The molecule has 1 saturated heterocycles. The molecule has 0 aromatic heterocycles. The molecule has 1 aromatic rings. The SMILES string of the molecule is O=[SH](=O)OC1CS(=O)(=O)CC1c1ccccc1. The van der Waals surface area contributed by atoms with E-state index in [1.54, 1.807) is 24.3 Å². The van der Waals surface area contributed by atoms with Crippen molar-refractivity contribution in [1.29, 1.82) is 0 Å². The number of thiol groups is 1. The molecule has 0 saturated carbocycles. The zero-order chi connectivity index (χ0) is 12.5. The molecular weight excluding hydrogens is 264 g/mol. The molecule has 17 heavy (non-hydrogen) atoms. The Kier molecular flexibility index (Phi) is 3.50. The number of sulfone groups is 1. The average molecular weight is 276 g/mol. The predicted molar refractivity (Wildman–Crippen MR) is 63.0 cm³/mol. The summed E-state index contributed by atoms with van der Waals surface area (Å²) in [5.74, 6) is -0.713. The molecular formula is C10H12O5S2. The van der Waals surface area contributed by atoms with Crippen LogP contribution >= 0.6 is 0 Å². The van der Waals surface area contributed by atoms with Crippen molar-refractivity contribution < 1.29 is 21.0 Å². The Labute approximate surface area is 101 Å². The Bertz CT molecular complexity index is 554. The Morgan fingerprint density at radius 1 is 1.12 bits per heavy atom. The third-order valence-corrected chi connectivity index (χ3v) is 4.90. The average Bonchev–Trinajstić information content (AvgIpc) is 2.54. The number of hydrogen-bond acceptors (Lipinski definition) is 5. The lowest BCUT2D eigenvalue weighted by atomic mass is 9.97. The van der Waals surface area contributed by atoms with E-state index in [9.17, 15) is 16.8 Å². The highest BCUT2D eigenvalue weighted by Gasteiger charge is 2.40. The van der Waals surface area contributed by atoms with Gasteiger partial charge in [0.15, 0.2) is 9.84 Å². The van der Waals surface area contributed by atoms with E-state index in [-0.39, 0.29) is 11.5 Å². The fourth-order valence-electron chi connectivity index (χ4n) is 2.04.